The van der Waals surface area contributed by atoms with Crippen molar-refractivity contribution >= 4 is 51.9 Å². The molecular formula is C90H88N16O11. The Morgan fingerprint density at radius 1 is 0.444 bits per heavy atom. The zero-order valence-corrected chi connectivity index (χ0v) is 64.9. The first kappa shape index (κ1) is 81.6. The molecule has 6 unspecified atom stereocenters. The second-order valence-corrected chi connectivity index (χ2v) is 27.4. The molecule has 0 aliphatic heterocycles. The van der Waals surface area contributed by atoms with Gasteiger partial charge < -0.3 is 66.9 Å². The third-order valence-electron chi connectivity index (χ3n) is 19.6. The second kappa shape index (κ2) is 40.0. The fourth-order valence-electron chi connectivity index (χ4n) is 13.7. The third kappa shape index (κ3) is 22.3. The lowest BCUT2D eigenvalue weighted by Gasteiger charge is -2.17. The van der Waals surface area contributed by atoms with E-state index < -0.39 is 23.9 Å². The number of rotatable bonds is 23. The van der Waals surface area contributed by atoms with Crippen molar-refractivity contribution in [3.05, 3.63) is 363 Å². The maximum absolute atomic E-state index is 11.6. The SMILES string of the molecule is COC(=O)CC(c1ccccc1)n1cnc(C(=O)OC)c1.Cc1nc2ccc(C(C)n3ccnc3)cc2[nH]1.Cc1nc2ccc(C(CC(=O)O)n3ccnc3)cc2[nH]1.O=C(O)CC(c1ccc(-c2ccccc2)cc1)n1ccnc1.O=C(O)CC(c1ccc(Oc2ccccc2)cc1)n1ccnc1.c1ccc2c(c1)CCC2n1ccnc1. The first-order valence-electron chi connectivity index (χ1n) is 37.7. The standard InChI is InChI=1S/C18H16N2O3.C18H16N2O2.C15H16N2O4.C14H14N4O2.C13H14N4.C12H12N2/c21-18(22)12-17(20-11-10-19-13-20)14-6-8-16(9-7-14)23-15-4-2-1-3-5-15;21-18(22)12-17(20-11-10-19-13-20)16-8-6-15(7-9-16)14-4-2-1-3-5-14;1-20-14(18)8-13(11-6-4-3-5-7-11)17-9-12(16-10-17)15(19)21-2;1-9-16-11-3-2-10(6-12(11)17-9)13(7-14(19)20)18-5-4-15-8-18;1-9(17-6-5-14-8-17)11-3-4-12-13(7-11)16-10(2)15-12;1-2-4-11-10(3-1)5-6-12(11)14-8-7-13-9-14/h1-11,13,17H,12H2,(H,21,22);1-11,13,17H,12H2,(H,21,22);3-7,9-10,13H,8H2,1-2H3;2-6,8,13H,7H2,1H3,(H,16,17)(H,19,20);3-9H,1-2H3,(H,15,16);1-4,7-9,12H,5-6H2. The molecule has 27 nitrogen and oxygen atoms in total. The molecule has 0 saturated carbocycles. The number of carbonyl (C=O) groups excluding carboxylic acids is 2. The van der Waals surface area contributed by atoms with Crippen LogP contribution >= 0.6 is 0 Å². The molecule has 16 aromatic rings. The van der Waals surface area contributed by atoms with Crippen LogP contribution < -0.4 is 4.74 Å². The van der Waals surface area contributed by atoms with E-state index in [0.717, 1.165) is 72.8 Å². The monoisotopic (exact) mass is 1570 g/mol. The van der Waals surface area contributed by atoms with Gasteiger partial charge in [0, 0.05) is 68.2 Å². The molecule has 0 fully saturated rings. The number of methoxy groups -OCH3 is 2. The van der Waals surface area contributed by atoms with Gasteiger partial charge in [0.25, 0.3) is 0 Å². The molecule has 0 saturated heterocycles. The lowest BCUT2D eigenvalue weighted by molar-refractivity contribution is -0.141. The van der Waals surface area contributed by atoms with Crippen LogP contribution in [0.2, 0.25) is 0 Å². The Hall–Kier alpha value is -14.9. The summed E-state index contributed by atoms with van der Waals surface area (Å²) >= 11 is 0. The van der Waals surface area contributed by atoms with Gasteiger partial charge in [0.2, 0.25) is 0 Å². The third-order valence-corrected chi connectivity index (χ3v) is 19.6. The summed E-state index contributed by atoms with van der Waals surface area (Å²) in [6, 6.07) is 65.0. The van der Waals surface area contributed by atoms with E-state index in [4.69, 9.17) is 24.8 Å². The number of nitrogens with one attached hydrogen (secondary N) is 2. The summed E-state index contributed by atoms with van der Waals surface area (Å²) in [5.41, 5.74) is 14.3. The number of nitrogens with zero attached hydrogens (tertiary/aromatic N) is 14. The van der Waals surface area contributed by atoms with Gasteiger partial charge >= 0.3 is 29.8 Å². The average Bonchev–Trinajstić information content (AvgIpc) is 1.73. The van der Waals surface area contributed by atoms with Gasteiger partial charge in [-0.25, -0.2) is 44.7 Å². The fourth-order valence-corrected chi connectivity index (χ4v) is 13.7. The number of carboxylic acid groups (broad SMARTS) is 3. The van der Waals surface area contributed by atoms with Crippen LogP contribution in [-0.2, 0) is 35.1 Å². The molecule has 8 heterocycles. The van der Waals surface area contributed by atoms with Crippen LogP contribution in [0.25, 0.3) is 33.2 Å². The van der Waals surface area contributed by atoms with Crippen LogP contribution in [0.3, 0.4) is 0 Å². The number of imidazole rings is 8. The minimum atomic E-state index is -0.853. The summed E-state index contributed by atoms with van der Waals surface area (Å²) in [6.07, 6.45) is 32.3. The number of fused-ring (bicyclic) bond motifs is 3. The lowest BCUT2D eigenvalue weighted by Crippen LogP contribution is -2.15. The molecule has 0 amide bonds. The van der Waals surface area contributed by atoms with Crippen LogP contribution in [0.15, 0.2) is 306 Å². The number of aromatic nitrogens is 16. The number of benzene rings is 8. The molecule has 594 valence electrons. The highest BCUT2D eigenvalue weighted by atomic mass is 16.5. The maximum Gasteiger partial charge on any atom is 0.358 e. The minimum Gasteiger partial charge on any atom is -0.481 e. The number of aryl methyl sites for hydroxylation is 3. The number of aromatic amines is 2. The molecule has 8 aromatic carbocycles. The van der Waals surface area contributed by atoms with Crippen molar-refractivity contribution in [1.29, 1.82) is 0 Å². The predicted octanol–water partition coefficient (Wildman–Crippen LogP) is 16.4. The molecule has 8 aromatic heterocycles. The number of ether oxygens (including phenoxy) is 3. The number of hydrogen-bond donors (Lipinski definition) is 5. The summed E-state index contributed by atoms with van der Waals surface area (Å²) in [5.74, 6) is -0.113. The number of carbonyl (C=O) groups is 5. The summed E-state index contributed by atoms with van der Waals surface area (Å²) in [6.45, 7) is 6.02. The summed E-state index contributed by atoms with van der Waals surface area (Å²) in [5, 5.41) is 27.4. The molecule has 17 rings (SSSR count). The Morgan fingerprint density at radius 3 is 1.39 bits per heavy atom. The molecule has 0 bridgehead atoms. The number of para-hydroxylation sites is 1. The number of hydrogen-bond acceptors (Lipinski definition) is 16. The molecule has 0 radical (unpaired) electrons. The van der Waals surface area contributed by atoms with Crippen LogP contribution in [0, 0.1) is 13.8 Å². The highest BCUT2D eigenvalue weighted by Gasteiger charge is 2.25. The van der Waals surface area contributed by atoms with Crippen molar-refractivity contribution < 1.29 is 53.5 Å². The first-order chi connectivity index (χ1) is 56.9. The first-order valence-corrected chi connectivity index (χ1v) is 37.7. The van der Waals surface area contributed by atoms with Crippen LogP contribution in [0.1, 0.15) is 136 Å². The maximum atomic E-state index is 11.6. The normalized spacial score (nSPS) is 13.1. The van der Waals surface area contributed by atoms with Gasteiger partial charge in [-0.05, 0) is 132 Å². The average molecular weight is 1570 g/mol. The zero-order valence-electron chi connectivity index (χ0n) is 64.9. The zero-order chi connectivity index (χ0) is 82.0. The largest absolute Gasteiger partial charge is 0.481 e. The van der Waals surface area contributed by atoms with Crippen molar-refractivity contribution in [1.82, 2.24) is 77.2 Å². The smallest absolute Gasteiger partial charge is 0.358 e. The van der Waals surface area contributed by atoms with E-state index in [2.05, 4.69) is 125 Å². The molecule has 117 heavy (non-hydrogen) atoms. The highest BCUT2D eigenvalue weighted by Crippen LogP contribution is 2.35. The van der Waals surface area contributed by atoms with E-state index in [9.17, 15) is 24.0 Å². The van der Waals surface area contributed by atoms with Crippen molar-refractivity contribution in [2.45, 2.75) is 95.5 Å². The van der Waals surface area contributed by atoms with Crippen LogP contribution in [-0.4, -0.2) is 137 Å². The van der Waals surface area contributed by atoms with Gasteiger partial charge in [0.1, 0.15) is 23.1 Å². The van der Waals surface area contributed by atoms with Crippen molar-refractivity contribution in [2.75, 3.05) is 14.2 Å². The van der Waals surface area contributed by atoms with Gasteiger partial charge in [0.15, 0.2) is 5.69 Å². The molecule has 1 aliphatic rings. The van der Waals surface area contributed by atoms with Gasteiger partial charge in [-0.15, -0.1) is 0 Å². The molecule has 0 spiro atoms. The molecule has 1 aliphatic carbocycles. The van der Waals surface area contributed by atoms with E-state index >= 15 is 0 Å². The second-order valence-electron chi connectivity index (χ2n) is 27.4. The Bertz CT molecular complexity index is 5760. The number of esters is 2. The summed E-state index contributed by atoms with van der Waals surface area (Å²) in [4.78, 5) is 95.8. The van der Waals surface area contributed by atoms with E-state index in [1.165, 1.54) is 50.1 Å². The molecule has 6 atom stereocenters. The highest BCUT2D eigenvalue weighted by molar-refractivity contribution is 5.87. The Balaban J connectivity index is 0.000000130. The minimum absolute atomic E-state index is 0.00471. The van der Waals surface area contributed by atoms with Crippen LogP contribution in [0.5, 0.6) is 11.5 Å². The molecular weight excluding hydrogens is 1480 g/mol. The molecule has 27 heteroatoms. The van der Waals surface area contributed by atoms with E-state index in [1.807, 2.05) is 195 Å². The Kier molecular flexibility index (Phi) is 27.9. The van der Waals surface area contributed by atoms with Crippen molar-refractivity contribution in [2.24, 2.45) is 0 Å². The van der Waals surface area contributed by atoms with E-state index in [-0.39, 0.29) is 67.6 Å². The van der Waals surface area contributed by atoms with Crippen molar-refractivity contribution in [3.63, 3.8) is 0 Å². The van der Waals surface area contributed by atoms with E-state index in [0.29, 0.717) is 11.8 Å². The van der Waals surface area contributed by atoms with E-state index in [1.54, 1.807) is 82.3 Å². The van der Waals surface area contributed by atoms with Gasteiger partial charge in [0.05, 0.1) is 136 Å². The number of aliphatic carboxylic acids is 3. The predicted molar refractivity (Wildman–Crippen MR) is 440 cm³/mol. The van der Waals surface area contributed by atoms with Gasteiger partial charge in [-0.3, -0.25) is 19.2 Å². The number of carboxylic acids is 3. The topological polar surface area (TPSA) is 338 Å². The van der Waals surface area contributed by atoms with Crippen LogP contribution in [0.4, 0.5) is 0 Å². The number of H-pyrrole nitrogens is 2. The Labute approximate surface area is 674 Å². The fraction of sp³-hybridized carbons (Fsp3) is 0.189. The summed E-state index contributed by atoms with van der Waals surface area (Å²) in [7, 11) is 2.64. The Morgan fingerprint density at radius 2 is 0.880 bits per heavy atom. The van der Waals surface area contributed by atoms with Gasteiger partial charge in [-0.1, -0.05) is 152 Å². The lowest BCUT2D eigenvalue weighted by atomic mass is 9.99. The summed E-state index contributed by atoms with van der Waals surface area (Å²) < 4.78 is 26.5. The molecule has 5 N–H and O–H groups in total. The van der Waals surface area contributed by atoms with Gasteiger partial charge in [-0.2, -0.15) is 0 Å². The quantitative estimate of drug-likeness (QED) is 0.0371. The van der Waals surface area contributed by atoms with Crippen molar-refractivity contribution in [3.8, 4) is 22.6 Å².